The third kappa shape index (κ3) is 8.19. The van der Waals surface area contributed by atoms with E-state index in [9.17, 15) is 18.0 Å². The lowest BCUT2D eigenvalue weighted by atomic mass is 10.1. The number of likely N-dealkylation sites (N-methyl/N-ethyl adjacent to an activating group) is 1. The smallest absolute Gasteiger partial charge is 0.264 e. The molecule has 0 bridgehead atoms. The van der Waals surface area contributed by atoms with Gasteiger partial charge in [-0.2, -0.15) is 0 Å². The molecule has 0 saturated heterocycles. The molecule has 11 heteroatoms. The number of anilines is 1. The number of nitrogens with zero attached hydrogens (tertiary/aromatic N) is 2. The molecule has 0 aliphatic heterocycles. The van der Waals surface area contributed by atoms with Crippen LogP contribution in [0.5, 0.6) is 11.5 Å². The molecule has 0 saturated carbocycles. The van der Waals surface area contributed by atoms with E-state index in [0.717, 1.165) is 14.8 Å². The van der Waals surface area contributed by atoms with Gasteiger partial charge in [-0.1, -0.05) is 19.1 Å². The van der Waals surface area contributed by atoms with Gasteiger partial charge in [0.15, 0.2) is 0 Å². The van der Waals surface area contributed by atoms with E-state index in [-0.39, 0.29) is 17.3 Å². The predicted molar refractivity (Wildman–Crippen MR) is 167 cm³/mol. The summed E-state index contributed by atoms with van der Waals surface area (Å²) in [5, 5.41) is 2.81. The Morgan fingerprint density at radius 3 is 2.21 bits per heavy atom. The highest BCUT2D eigenvalue weighted by molar-refractivity contribution is 7.98. The first kappa shape index (κ1) is 32.8. The summed E-state index contributed by atoms with van der Waals surface area (Å²) in [4.78, 5) is 29.6. The van der Waals surface area contributed by atoms with Crippen molar-refractivity contribution in [2.75, 3.05) is 37.4 Å². The normalized spacial score (nSPS) is 11.8. The summed E-state index contributed by atoms with van der Waals surface area (Å²) in [6, 6.07) is 19.5. The number of thioether (sulfide) groups is 1. The fraction of sp³-hybridized carbons (Fsp3) is 0.355. The fourth-order valence-electron chi connectivity index (χ4n) is 4.46. The molecule has 0 unspecified atom stereocenters. The summed E-state index contributed by atoms with van der Waals surface area (Å²) in [5.41, 5.74) is 1.04. The standard InChI is InChI=1S/C31H39N3O6S2/c1-6-29(31(36)32-7-2)33(21-23-10-9-11-26(20-23)39-4)30(35)22-34(24-12-14-25(15-13-24)40-8-3)42(37,38)28-18-16-27(41-5)17-19-28/h9-20,29H,6-8,21-22H2,1-5H3,(H,32,36)/t29-/m0/s1. The first-order valence-corrected chi connectivity index (χ1v) is 16.4. The topological polar surface area (TPSA) is 105 Å². The second-order valence-corrected chi connectivity index (χ2v) is 12.0. The van der Waals surface area contributed by atoms with E-state index in [0.29, 0.717) is 36.8 Å². The molecule has 0 radical (unpaired) electrons. The number of carbonyl (C=O) groups excluding carboxylic acids is 2. The maximum atomic E-state index is 14.1. The van der Waals surface area contributed by atoms with E-state index in [2.05, 4.69) is 5.32 Å². The van der Waals surface area contributed by atoms with Crippen LogP contribution in [0.1, 0.15) is 32.8 Å². The number of benzene rings is 3. The van der Waals surface area contributed by atoms with E-state index < -0.39 is 28.5 Å². The Kier molecular flexibility index (Phi) is 12.1. The second kappa shape index (κ2) is 15.5. The van der Waals surface area contributed by atoms with Gasteiger partial charge < -0.3 is 19.7 Å². The maximum absolute atomic E-state index is 14.1. The first-order valence-electron chi connectivity index (χ1n) is 13.8. The van der Waals surface area contributed by atoms with Crippen molar-refractivity contribution in [1.82, 2.24) is 10.2 Å². The Balaban J connectivity index is 2.07. The lowest BCUT2D eigenvalue weighted by Gasteiger charge is -2.33. The Labute approximate surface area is 253 Å². The second-order valence-electron chi connectivity index (χ2n) is 9.31. The molecular formula is C31H39N3O6S2. The monoisotopic (exact) mass is 613 g/mol. The number of hydrogen-bond donors (Lipinski definition) is 1. The van der Waals surface area contributed by atoms with Gasteiger partial charge in [0.1, 0.15) is 24.1 Å². The Morgan fingerprint density at radius 1 is 0.952 bits per heavy atom. The molecule has 0 aliphatic rings. The summed E-state index contributed by atoms with van der Waals surface area (Å²) in [7, 11) is -2.61. The van der Waals surface area contributed by atoms with Crippen molar-refractivity contribution in [2.45, 2.75) is 49.6 Å². The average Bonchev–Trinajstić information content (AvgIpc) is 3.00. The number of carbonyl (C=O) groups is 2. The van der Waals surface area contributed by atoms with Gasteiger partial charge in [-0.05, 0) is 92.8 Å². The Hall–Kier alpha value is -3.70. The van der Waals surface area contributed by atoms with Crippen LogP contribution in [-0.4, -0.2) is 64.2 Å². The molecule has 3 rings (SSSR count). The molecule has 0 heterocycles. The maximum Gasteiger partial charge on any atom is 0.264 e. The summed E-state index contributed by atoms with van der Waals surface area (Å²) in [6.45, 7) is 5.92. The summed E-state index contributed by atoms with van der Waals surface area (Å²) < 4.78 is 40.0. The van der Waals surface area contributed by atoms with Crippen molar-refractivity contribution in [3.05, 3.63) is 78.4 Å². The molecule has 3 aromatic carbocycles. The van der Waals surface area contributed by atoms with Crippen molar-refractivity contribution < 1.29 is 27.5 Å². The quantitative estimate of drug-likeness (QED) is 0.242. The molecule has 2 amide bonds. The highest BCUT2D eigenvalue weighted by Crippen LogP contribution is 2.28. The number of rotatable bonds is 15. The predicted octanol–water partition coefficient (Wildman–Crippen LogP) is 4.95. The number of hydrogen-bond acceptors (Lipinski definition) is 7. The third-order valence-corrected chi connectivity index (χ3v) is 9.12. The molecule has 0 aliphatic carbocycles. The van der Waals surface area contributed by atoms with Crippen LogP contribution in [0.2, 0.25) is 0 Å². The number of sulfonamides is 1. The summed E-state index contributed by atoms with van der Waals surface area (Å²) in [6.07, 6.45) is 2.25. The highest BCUT2D eigenvalue weighted by Gasteiger charge is 2.33. The molecule has 3 aromatic rings. The van der Waals surface area contributed by atoms with E-state index >= 15 is 0 Å². The fourth-order valence-corrected chi connectivity index (χ4v) is 6.28. The lowest BCUT2D eigenvalue weighted by Crippen LogP contribution is -2.52. The van der Waals surface area contributed by atoms with Crippen LogP contribution in [0.3, 0.4) is 0 Å². The highest BCUT2D eigenvalue weighted by atomic mass is 32.2. The molecular weight excluding hydrogens is 574 g/mol. The van der Waals surface area contributed by atoms with Crippen LogP contribution >= 0.6 is 11.8 Å². The minimum atomic E-state index is -4.16. The molecule has 0 spiro atoms. The van der Waals surface area contributed by atoms with Crippen molar-refractivity contribution in [3.8, 4) is 11.5 Å². The van der Waals surface area contributed by atoms with Crippen LogP contribution in [-0.2, 0) is 26.2 Å². The van der Waals surface area contributed by atoms with Gasteiger partial charge in [-0.3, -0.25) is 13.9 Å². The molecule has 1 atom stereocenters. The molecule has 226 valence electrons. The van der Waals surface area contributed by atoms with Crippen LogP contribution in [0.4, 0.5) is 5.69 Å². The zero-order chi connectivity index (χ0) is 30.7. The number of methoxy groups -OCH3 is 1. The van der Waals surface area contributed by atoms with E-state index in [1.807, 2.05) is 26.2 Å². The van der Waals surface area contributed by atoms with Gasteiger partial charge in [0.05, 0.1) is 24.3 Å². The largest absolute Gasteiger partial charge is 0.497 e. The summed E-state index contributed by atoms with van der Waals surface area (Å²) >= 11 is 1.50. The molecule has 1 N–H and O–H groups in total. The Morgan fingerprint density at radius 2 is 1.64 bits per heavy atom. The average molecular weight is 614 g/mol. The van der Waals surface area contributed by atoms with Gasteiger partial charge >= 0.3 is 0 Å². The molecule has 0 aromatic heterocycles. The third-order valence-electron chi connectivity index (χ3n) is 6.59. The van der Waals surface area contributed by atoms with Gasteiger partial charge in [-0.25, -0.2) is 8.42 Å². The van der Waals surface area contributed by atoms with Crippen molar-refractivity contribution in [2.24, 2.45) is 0 Å². The lowest BCUT2D eigenvalue weighted by molar-refractivity contribution is -0.140. The number of amides is 2. The minimum Gasteiger partial charge on any atom is -0.497 e. The van der Waals surface area contributed by atoms with Crippen molar-refractivity contribution in [1.29, 1.82) is 0 Å². The first-order chi connectivity index (χ1) is 20.2. The van der Waals surface area contributed by atoms with Gasteiger partial charge in [0, 0.05) is 18.0 Å². The molecule has 42 heavy (non-hydrogen) atoms. The molecule has 0 fully saturated rings. The Bertz CT molecular complexity index is 1430. The van der Waals surface area contributed by atoms with Crippen molar-refractivity contribution >= 4 is 39.3 Å². The zero-order valence-corrected chi connectivity index (χ0v) is 26.3. The minimum absolute atomic E-state index is 0.0529. The van der Waals surface area contributed by atoms with E-state index in [1.165, 1.54) is 28.8 Å². The van der Waals surface area contributed by atoms with Crippen LogP contribution in [0.25, 0.3) is 0 Å². The van der Waals surface area contributed by atoms with Crippen LogP contribution in [0, 0.1) is 0 Å². The SMILES string of the molecule is CCNC(=O)[C@H](CC)N(Cc1cccc(OC)c1)C(=O)CN(c1ccc(OCC)cc1)S(=O)(=O)c1ccc(SC)cc1. The van der Waals surface area contributed by atoms with Gasteiger partial charge in [0.25, 0.3) is 10.0 Å². The molecule has 9 nitrogen and oxygen atoms in total. The van der Waals surface area contributed by atoms with Crippen LogP contribution in [0.15, 0.2) is 82.6 Å². The van der Waals surface area contributed by atoms with Crippen LogP contribution < -0.4 is 19.1 Å². The van der Waals surface area contributed by atoms with Crippen molar-refractivity contribution in [3.63, 3.8) is 0 Å². The zero-order valence-electron chi connectivity index (χ0n) is 24.7. The number of ether oxygens (including phenoxy) is 2. The van der Waals surface area contributed by atoms with Gasteiger partial charge in [0.2, 0.25) is 11.8 Å². The number of nitrogens with one attached hydrogen (secondary N) is 1. The van der Waals surface area contributed by atoms with E-state index in [4.69, 9.17) is 9.47 Å². The summed E-state index contributed by atoms with van der Waals surface area (Å²) in [5.74, 6) is 0.364. The van der Waals surface area contributed by atoms with Gasteiger partial charge in [-0.15, -0.1) is 11.8 Å². The van der Waals surface area contributed by atoms with E-state index in [1.54, 1.807) is 68.6 Å².